The zero-order valence-electron chi connectivity index (χ0n) is 13.9. The summed E-state index contributed by atoms with van der Waals surface area (Å²) < 4.78 is 5.52. The maximum absolute atomic E-state index is 10.1. The van der Waals surface area contributed by atoms with Crippen molar-refractivity contribution in [2.75, 3.05) is 19.8 Å². The summed E-state index contributed by atoms with van der Waals surface area (Å²) in [5, 5.41) is 13.7. The third-order valence-electron chi connectivity index (χ3n) is 5.59. The Balaban J connectivity index is 1.79. The number of aliphatic hydroxyl groups excluding tert-OH is 1. The van der Waals surface area contributed by atoms with Gasteiger partial charge in [-0.25, -0.2) is 0 Å². The molecule has 3 heteroatoms. The Morgan fingerprint density at radius 1 is 1.25 bits per heavy atom. The quantitative estimate of drug-likeness (QED) is 0.755. The van der Waals surface area contributed by atoms with E-state index in [-0.39, 0.29) is 0 Å². The Bertz CT molecular complexity index is 324. The standard InChI is InChI=1S/C17H33NO2/c1-12(2)10-20-11-14(19)9-18-15-16(3,4)13-6-7-17(15,5)8-13/h12-15,18-19H,6-11H2,1-5H3. The monoisotopic (exact) mass is 283 g/mol. The number of hydrogen-bond donors (Lipinski definition) is 2. The first kappa shape index (κ1) is 16.3. The lowest BCUT2D eigenvalue weighted by atomic mass is 9.68. The minimum absolute atomic E-state index is 0.353. The van der Waals surface area contributed by atoms with E-state index in [1.165, 1.54) is 19.3 Å². The van der Waals surface area contributed by atoms with Gasteiger partial charge in [-0.1, -0.05) is 34.6 Å². The first-order valence-electron chi connectivity index (χ1n) is 8.25. The van der Waals surface area contributed by atoms with Crippen LogP contribution < -0.4 is 5.32 Å². The van der Waals surface area contributed by atoms with Gasteiger partial charge < -0.3 is 15.2 Å². The van der Waals surface area contributed by atoms with Crippen molar-refractivity contribution in [2.24, 2.45) is 22.7 Å². The molecule has 0 spiro atoms. The molecule has 0 aromatic heterocycles. The van der Waals surface area contributed by atoms with Gasteiger partial charge in [0, 0.05) is 19.2 Å². The molecule has 4 unspecified atom stereocenters. The first-order chi connectivity index (χ1) is 9.25. The highest BCUT2D eigenvalue weighted by atomic mass is 16.5. The van der Waals surface area contributed by atoms with E-state index < -0.39 is 6.10 Å². The average molecular weight is 283 g/mol. The molecule has 0 aromatic rings. The summed E-state index contributed by atoms with van der Waals surface area (Å²) in [6.45, 7) is 13.3. The van der Waals surface area contributed by atoms with Crippen molar-refractivity contribution >= 4 is 0 Å². The Morgan fingerprint density at radius 3 is 2.50 bits per heavy atom. The topological polar surface area (TPSA) is 41.5 Å². The predicted molar refractivity (Wildman–Crippen MR) is 82.7 cm³/mol. The zero-order chi connectivity index (χ0) is 15.0. The van der Waals surface area contributed by atoms with E-state index in [2.05, 4.69) is 39.9 Å². The number of rotatable bonds is 7. The Kier molecular flexibility index (Phi) is 4.83. The molecule has 2 saturated carbocycles. The van der Waals surface area contributed by atoms with Crippen LogP contribution in [0.4, 0.5) is 0 Å². The highest BCUT2D eigenvalue weighted by molar-refractivity contribution is 5.12. The Hall–Kier alpha value is -0.120. The van der Waals surface area contributed by atoms with Crippen molar-refractivity contribution in [1.29, 1.82) is 0 Å². The van der Waals surface area contributed by atoms with Crippen LogP contribution in [0.5, 0.6) is 0 Å². The van der Waals surface area contributed by atoms with Crippen LogP contribution in [-0.4, -0.2) is 37.0 Å². The zero-order valence-corrected chi connectivity index (χ0v) is 13.9. The van der Waals surface area contributed by atoms with Gasteiger partial charge in [0.2, 0.25) is 0 Å². The van der Waals surface area contributed by atoms with E-state index in [4.69, 9.17) is 4.74 Å². The van der Waals surface area contributed by atoms with Crippen LogP contribution in [0.1, 0.15) is 53.9 Å². The van der Waals surface area contributed by atoms with Gasteiger partial charge in [-0.05, 0) is 41.9 Å². The molecule has 0 saturated heterocycles. The van der Waals surface area contributed by atoms with Crippen molar-refractivity contribution in [3.8, 4) is 0 Å². The number of fused-ring (bicyclic) bond motifs is 2. The molecule has 2 rings (SSSR count). The molecule has 0 radical (unpaired) electrons. The van der Waals surface area contributed by atoms with E-state index >= 15 is 0 Å². The minimum Gasteiger partial charge on any atom is -0.389 e. The van der Waals surface area contributed by atoms with Crippen LogP contribution in [0.3, 0.4) is 0 Å². The Morgan fingerprint density at radius 2 is 1.95 bits per heavy atom. The molecule has 0 aromatic carbocycles. The van der Waals surface area contributed by atoms with E-state index in [0.29, 0.717) is 35.9 Å². The van der Waals surface area contributed by atoms with Crippen LogP contribution in [0.25, 0.3) is 0 Å². The van der Waals surface area contributed by atoms with Crippen molar-refractivity contribution in [3.05, 3.63) is 0 Å². The number of ether oxygens (including phenoxy) is 1. The Labute approximate surface area is 124 Å². The minimum atomic E-state index is -0.396. The van der Waals surface area contributed by atoms with Gasteiger partial charge in [0.05, 0.1) is 12.7 Å². The summed E-state index contributed by atoms with van der Waals surface area (Å²) >= 11 is 0. The SMILES string of the molecule is CC(C)COCC(O)CNC1C2(C)CCC(C2)C1(C)C. The maximum atomic E-state index is 10.1. The molecular formula is C17H33NO2. The van der Waals surface area contributed by atoms with Crippen molar-refractivity contribution < 1.29 is 9.84 Å². The fourth-order valence-electron chi connectivity index (χ4n) is 4.56. The molecule has 2 bridgehead atoms. The summed E-state index contributed by atoms with van der Waals surface area (Å²) in [5.41, 5.74) is 0.776. The molecule has 2 N–H and O–H groups in total. The average Bonchev–Trinajstić information content (AvgIpc) is 2.79. The molecule has 0 aliphatic heterocycles. The summed E-state index contributed by atoms with van der Waals surface area (Å²) in [4.78, 5) is 0. The van der Waals surface area contributed by atoms with Gasteiger partial charge in [-0.2, -0.15) is 0 Å². The van der Waals surface area contributed by atoms with E-state index in [1.807, 2.05) is 0 Å². The lowest BCUT2D eigenvalue weighted by molar-refractivity contribution is 0.0168. The van der Waals surface area contributed by atoms with Crippen molar-refractivity contribution in [3.63, 3.8) is 0 Å². The normalized spacial score (nSPS) is 36.8. The second kappa shape index (κ2) is 5.94. The third kappa shape index (κ3) is 3.20. The van der Waals surface area contributed by atoms with Gasteiger partial charge >= 0.3 is 0 Å². The second-order valence-corrected chi connectivity index (χ2v) is 8.34. The predicted octanol–water partition coefficient (Wildman–Crippen LogP) is 2.82. The van der Waals surface area contributed by atoms with Crippen LogP contribution in [0.15, 0.2) is 0 Å². The fourth-order valence-corrected chi connectivity index (χ4v) is 4.56. The lowest BCUT2D eigenvalue weighted by Gasteiger charge is -2.43. The second-order valence-electron chi connectivity index (χ2n) is 8.34. The molecule has 0 amide bonds. The number of aliphatic hydroxyl groups is 1. The largest absolute Gasteiger partial charge is 0.389 e. The maximum Gasteiger partial charge on any atom is 0.0897 e. The van der Waals surface area contributed by atoms with Gasteiger partial charge in [0.15, 0.2) is 0 Å². The summed E-state index contributed by atoms with van der Waals surface area (Å²) in [7, 11) is 0. The number of nitrogens with one attached hydrogen (secondary N) is 1. The highest BCUT2D eigenvalue weighted by Crippen LogP contribution is 2.62. The smallest absolute Gasteiger partial charge is 0.0897 e. The van der Waals surface area contributed by atoms with E-state index in [1.54, 1.807) is 0 Å². The number of hydrogen-bond acceptors (Lipinski definition) is 3. The van der Waals surface area contributed by atoms with Crippen LogP contribution in [0.2, 0.25) is 0 Å². The molecule has 3 nitrogen and oxygen atoms in total. The molecule has 4 atom stereocenters. The highest BCUT2D eigenvalue weighted by Gasteiger charge is 2.58. The third-order valence-corrected chi connectivity index (χ3v) is 5.59. The van der Waals surface area contributed by atoms with Gasteiger partial charge in [0.1, 0.15) is 0 Å². The first-order valence-corrected chi connectivity index (χ1v) is 8.25. The van der Waals surface area contributed by atoms with Gasteiger partial charge in [-0.15, -0.1) is 0 Å². The van der Waals surface area contributed by atoms with Crippen LogP contribution >= 0.6 is 0 Å². The molecular weight excluding hydrogens is 250 g/mol. The fraction of sp³-hybridized carbons (Fsp3) is 1.00. The molecule has 2 aliphatic rings. The summed E-state index contributed by atoms with van der Waals surface area (Å²) in [6, 6.07) is 0.522. The molecule has 118 valence electrons. The van der Waals surface area contributed by atoms with Crippen molar-refractivity contribution in [2.45, 2.75) is 66.0 Å². The molecule has 20 heavy (non-hydrogen) atoms. The summed E-state index contributed by atoms with van der Waals surface area (Å²) in [5.74, 6) is 1.37. The van der Waals surface area contributed by atoms with Crippen LogP contribution in [-0.2, 0) is 4.74 Å². The molecule has 2 aliphatic carbocycles. The van der Waals surface area contributed by atoms with E-state index in [0.717, 1.165) is 12.5 Å². The van der Waals surface area contributed by atoms with Gasteiger partial charge in [-0.3, -0.25) is 0 Å². The molecule has 0 heterocycles. The van der Waals surface area contributed by atoms with Crippen molar-refractivity contribution in [1.82, 2.24) is 5.32 Å². The van der Waals surface area contributed by atoms with Crippen LogP contribution in [0, 0.1) is 22.7 Å². The lowest BCUT2D eigenvalue weighted by Crippen LogP contribution is -2.52. The summed E-state index contributed by atoms with van der Waals surface area (Å²) in [6.07, 6.45) is 3.66. The van der Waals surface area contributed by atoms with E-state index in [9.17, 15) is 5.11 Å². The molecule has 2 fully saturated rings. The van der Waals surface area contributed by atoms with Gasteiger partial charge in [0.25, 0.3) is 0 Å².